The summed E-state index contributed by atoms with van der Waals surface area (Å²) in [7, 11) is -0.491. The summed E-state index contributed by atoms with van der Waals surface area (Å²) >= 11 is 0. The molecule has 0 heterocycles. The van der Waals surface area contributed by atoms with Crippen LogP contribution in [-0.2, 0) is 0 Å². The molecule has 0 fully saturated rings. The number of phenolic OH excluding ortho intramolecular Hbond substituents is 1. The lowest BCUT2D eigenvalue weighted by Crippen LogP contribution is -2.20. The number of hydrogen-bond acceptors (Lipinski definition) is 5. The molecule has 0 aliphatic heterocycles. The minimum atomic E-state index is -1.95. The van der Waals surface area contributed by atoms with Crippen molar-refractivity contribution in [2.75, 3.05) is 7.11 Å². The monoisotopic (exact) mass is 184 g/mol. The predicted molar refractivity (Wildman–Crippen MR) is 45.5 cm³/mol. The number of phenols is 1. The molecule has 3 N–H and O–H groups in total. The van der Waals surface area contributed by atoms with Crippen molar-refractivity contribution in [3.05, 3.63) is 18.2 Å². The third-order valence-corrected chi connectivity index (χ3v) is 1.40. The second kappa shape index (κ2) is 4.02. The van der Waals surface area contributed by atoms with E-state index < -0.39 is 7.32 Å². The van der Waals surface area contributed by atoms with Gasteiger partial charge in [-0.15, -0.1) is 0 Å². The van der Waals surface area contributed by atoms with Crippen LogP contribution in [-0.4, -0.2) is 29.6 Å². The average Bonchev–Trinajstić information content (AvgIpc) is 2.08. The number of ether oxygens (including phenoxy) is 1. The Hall–Kier alpha value is -1.40. The fraction of sp³-hybridized carbons (Fsp3) is 0.143. The quantitative estimate of drug-likeness (QED) is 0.564. The number of benzene rings is 1. The molecule has 13 heavy (non-hydrogen) atoms. The van der Waals surface area contributed by atoms with Crippen LogP contribution in [0, 0.1) is 0 Å². The Morgan fingerprint density at radius 1 is 1.31 bits per heavy atom. The Morgan fingerprint density at radius 2 is 2.00 bits per heavy atom. The second-order valence-corrected chi connectivity index (χ2v) is 2.28. The summed E-state index contributed by atoms with van der Waals surface area (Å²) in [5.41, 5.74) is 0. The number of rotatable bonds is 3. The van der Waals surface area contributed by atoms with Crippen molar-refractivity contribution >= 4 is 7.32 Å². The molecule has 0 aliphatic carbocycles. The fourth-order valence-electron chi connectivity index (χ4n) is 0.837. The van der Waals surface area contributed by atoms with Crippen LogP contribution in [0.4, 0.5) is 0 Å². The van der Waals surface area contributed by atoms with Gasteiger partial charge in [-0.3, -0.25) is 0 Å². The molecule has 0 saturated heterocycles. The standard InChI is InChI=1S/C7H9BO5/c1-12-5-2-3-7(6(9)4-5)13-8(10)11/h2-4,9-11H,1H3. The van der Waals surface area contributed by atoms with E-state index in [1.165, 1.54) is 25.3 Å². The Kier molecular flexibility index (Phi) is 3.00. The molecule has 1 aromatic carbocycles. The molecule has 70 valence electrons. The van der Waals surface area contributed by atoms with E-state index in [-0.39, 0.29) is 11.5 Å². The van der Waals surface area contributed by atoms with Crippen LogP contribution in [0.15, 0.2) is 18.2 Å². The van der Waals surface area contributed by atoms with Gasteiger partial charge in [0.2, 0.25) is 0 Å². The SMILES string of the molecule is COc1ccc(OB(O)O)c(O)c1. The summed E-state index contributed by atoms with van der Waals surface area (Å²) in [6.07, 6.45) is 0. The van der Waals surface area contributed by atoms with Gasteiger partial charge in [0.1, 0.15) is 11.5 Å². The first-order chi connectivity index (χ1) is 6.13. The highest BCUT2D eigenvalue weighted by Gasteiger charge is 2.14. The Balaban J connectivity index is 2.85. The van der Waals surface area contributed by atoms with Crippen LogP contribution in [0.5, 0.6) is 17.2 Å². The molecule has 0 amide bonds. The van der Waals surface area contributed by atoms with E-state index >= 15 is 0 Å². The summed E-state index contributed by atoms with van der Waals surface area (Å²) in [5, 5.41) is 26.1. The van der Waals surface area contributed by atoms with E-state index in [0.717, 1.165) is 0 Å². The van der Waals surface area contributed by atoms with Gasteiger partial charge in [-0.25, -0.2) is 0 Å². The normalized spacial score (nSPS) is 9.46. The lowest BCUT2D eigenvalue weighted by molar-refractivity contribution is 0.280. The molecule has 5 nitrogen and oxygen atoms in total. The molecule has 0 unspecified atom stereocenters. The molecule has 0 saturated carbocycles. The lowest BCUT2D eigenvalue weighted by atomic mass is 10.2. The fourth-order valence-corrected chi connectivity index (χ4v) is 0.837. The van der Waals surface area contributed by atoms with E-state index in [4.69, 9.17) is 14.8 Å². The molecule has 6 heteroatoms. The lowest BCUT2D eigenvalue weighted by Gasteiger charge is -2.07. The molecule has 0 atom stereocenters. The predicted octanol–water partition coefficient (Wildman–Crippen LogP) is -0.251. The summed E-state index contributed by atoms with van der Waals surface area (Å²) in [5.74, 6) is 0.223. The van der Waals surface area contributed by atoms with Crippen molar-refractivity contribution in [2.24, 2.45) is 0 Å². The molecule has 0 radical (unpaired) electrons. The van der Waals surface area contributed by atoms with Crippen LogP contribution in [0.25, 0.3) is 0 Å². The number of methoxy groups -OCH3 is 1. The van der Waals surface area contributed by atoms with Gasteiger partial charge >= 0.3 is 7.32 Å². The molecular formula is C7H9BO5. The zero-order valence-electron chi connectivity index (χ0n) is 6.97. The number of aromatic hydroxyl groups is 1. The van der Waals surface area contributed by atoms with Gasteiger partial charge in [0.25, 0.3) is 0 Å². The van der Waals surface area contributed by atoms with Gasteiger partial charge in [0, 0.05) is 6.07 Å². The molecule has 1 rings (SSSR count). The zero-order valence-corrected chi connectivity index (χ0v) is 6.97. The second-order valence-electron chi connectivity index (χ2n) is 2.28. The van der Waals surface area contributed by atoms with Crippen LogP contribution in [0.1, 0.15) is 0 Å². The highest BCUT2D eigenvalue weighted by Crippen LogP contribution is 2.29. The van der Waals surface area contributed by atoms with Gasteiger partial charge in [0.05, 0.1) is 7.11 Å². The van der Waals surface area contributed by atoms with Crippen molar-refractivity contribution in [1.82, 2.24) is 0 Å². The Labute approximate surface area is 75.3 Å². The average molecular weight is 184 g/mol. The Morgan fingerprint density at radius 3 is 2.46 bits per heavy atom. The minimum absolute atomic E-state index is 0.0178. The minimum Gasteiger partial charge on any atom is -0.509 e. The van der Waals surface area contributed by atoms with Crippen molar-refractivity contribution in [2.45, 2.75) is 0 Å². The first kappa shape index (κ1) is 9.69. The van der Waals surface area contributed by atoms with Gasteiger partial charge in [-0.05, 0) is 12.1 Å². The van der Waals surface area contributed by atoms with E-state index in [0.29, 0.717) is 5.75 Å². The van der Waals surface area contributed by atoms with Gasteiger partial charge in [-0.2, -0.15) is 0 Å². The van der Waals surface area contributed by atoms with E-state index in [1.807, 2.05) is 0 Å². The van der Waals surface area contributed by atoms with Crippen LogP contribution >= 0.6 is 0 Å². The molecule has 0 aliphatic rings. The zero-order chi connectivity index (χ0) is 9.84. The highest BCUT2D eigenvalue weighted by atomic mass is 16.6. The molecule has 0 bridgehead atoms. The van der Waals surface area contributed by atoms with Gasteiger partial charge in [0.15, 0.2) is 5.75 Å². The van der Waals surface area contributed by atoms with Gasteiger partial charge < -0.3 is 24.5 Å². The summed E-state index contributed by atoms with van der Waals surface area (Å²) < 4.78 is 9.26. The van der Waals surface area contributed by atoms with Crippen molar-refractivity contribution in [3.63, 3.8) is 0 Å². The maximum atomic E-state index is 9.24. The van der Waals surface area contributed by atoms with Crippen molar-refractivity contribution in [3.8, 4) is 17.2 Å². The smallest absolute Gasteiger partial charge is 0.509 e. The van der Waals surface area contributed by atoms with Crippen LogP contribution in [0.3, 0.4) is 0 Å². The van der Waals surface area contributed by atoms with E-state index in [9.17, 15) is 5.11 Å². The molecular weight excluding hydrogens is 175 g/mol. The van der Waals surface area contributed by atoms with Crippen LogP contribution in [0.2, 0.25) is 0 Å². The van der Waals surface area contributed by atoms with Crippen LogP contribution < -0.4 is 9.39 Å². The first-order valence-corrected chi connectivity index (χ1v) is 3.53. The third-order valence-electron chi connectivity index (χ3n) is 1.40. The van der Waals surface area contributed by atoms with Crippen molar-refractivity contribution < 1.29 is 24.5 Å². The first-order valence-electron chi connectivity index (χ1n) is 3.53. The molecule has 1 aromatic rings. The van der Waals surface area contributed by atoms with Gasteiger partial charge in [-0.1, -0.05) is 0 Å². The summed E-state index contributed by atoms with van der Waals surface area (Å²) in [6.45, 7) is 0. The van der Waals surface area contributed by atoms with E-state index in [1.54, 1.807) is 0 Å². The Bertz CT molecular complexity index is 288. The highest BCUT2D eigenvalue weighted by molar-refractivity contribution is 6.33. The maximum Gasteiger partial charge on any atom is 0.707 e. The summed E-state index contributed by atoms with van der Waals surface area (Å²) in [4.78, 5) is 0. The number of hydrogen-bond donors (Lipinski definition) is 3. The maximum absolute atomic E-state index is 9.24. The van der Waals surface area contributed by atoms with Crippen molar-refractivity contribution in [1.29, 1.82) is 0 Å². The topological polar surface area (TPSA) is 79.2 Å². The largest absolute Gasteiger partial charge is 0.707 e. The summed E-state index contributed by atoms with van der Waals surface area (Å²) in [6, 6.07) is 4.20. The third kappa shape index (κ3) is 2.53. The van der Waals surface area contributed by atoms with E-state index in [2.05, 4.69) is 4.65 Å². The molecule has 0 aromatic heterocycles. The molecule has 0 spiro atoms.